The normalized spacial score (nSPS) is 11.1. The summed E-state index contributed by atoms with van der Waals surface area (Å²) in [4.78, 5) is 9.84. The highest BCUT2D eigenvalue weighted by atomic mass is 79.9. The fourth-order valence-electron chi connectivity index (χ4n) is 7.78. The van der Waals surface area contributed by atoms with Crippen LogP contribution >= 0.6 is 39.1 Å². The fourth-order valence-corrected chi connectivity index (χ4v) is 8.63. The van der Waals surface area contributed by atoms with Crippen molar-refractivity contribution >= 4 is 112 Å². The van der Waals surface area contributed by atoms with Crippen LogP contribution in [-0.4, -0.2) is 27.9 Å². The Morgan fingerprint density at radius 3 is 1.42 bits per heavy atom. The number of nitrogens with one attached hydrogen (secondary N) is 1. The molecule has 0 saturated heterocycles. The summed E-state index contributed by atoms with van der Waals surface area (Å²) in [6.45, 7) is 0. The van der Waals surface area contributed by atoms with Gasteiger partial charge in [-0.2, -0.15) is 0 Å². The van der Waals surface area contributed by atoms with Gasteiger partial charge in [-0.1, -0.05) is 128 Å². The largest absolute Gasteiger partial charge is 0.398 e. The molecule has 0 saturated carbocycles. The molecule has 304 valence electrons. The Labute approximate surface area is 376 Å². The van der Waals surface area contributed by atoms with Crippen LogP contribution in [0.5, 0.6) is 0 Å². The molecular formula is C51H39BrCl2N8. The van der Waals surface area contributed by atoms with Crippen LogP contribution < -0.4 is 11.1 Å². The van der Waals surface area contributed by atoms with Crippen LogP contribution in [0.15, 0.2) is 199 Å². The number of anilines is 3. The fraction of sp³-hybridized carbons (Fsp3) is 0.0196. The number of aromatic nitrogens is 6. The Bertz CT molecular complexity index is 3500. The molecule has 0 radical (unpaired) electrons. The van der Waals surface area contributed by atoms with Gasteiger partial charge in [0.05, 0.1) is 71.2 Å². The zero-order valence-electron chi connectivity index (χ0n) is 32.4. The van der Waals surface area contributed by atoms with Crippen LogP contribution in [0, 0.1) is 0 Å². The minimum Gasteiger partial charge on any atom is -0.398 e. The van der Waals surface area contributed by atoms with Crippen LogP contribution in [-0.2, 0) is 0 Å². The predicted molar refractivity (Wildman–Crippen MR) is 264 cm³/mol. The van der Waals surface area contributed by atoms with Crippen molar-refractivity contribution < 1.29 is 0 Å². The van der Waals surface area contributed by atoms with Crippen molar-refractivity contribution in [1.82, 2.24) is 27.9 Å². The minimum atomic E-state index is 0. The van der Waals surface area contributed by atoms with Gasteiger partial charge in [0.15, 0.2) is 0 Å². The summed E-state index contributed by atoms with van der Waals surface area (Å²) >= 11 is 15.7. The average molecular weight is 915 g/mol. The second kappa shape index (κ2) is 17.1. The molecule has 0 fully saturated rings. The predicted octanol–water partition coefficient (Wildman–Crippen LogP) is 14.6. The Hall–Kier alpha value is -7.04. The third kappa shape index (κ3) is 7.20. The number of imidazole rings is 4. The van der Waals surface area contributed by atoms with Crippen LogP contribution in [0.3, 0.4) is 0 Å². The molecule has 0 amide bonds. The van der Waals surface area contributed by atoms with E-state index in [1.54, 1.807) is 12.1 Å². The standard InChI is InChI=1S/C25H17ClN4.C19H12BrN3.C6H6ClN.CH4/c26-18-11-4-5-12-19(18)27-21-14-8-16-23-24(21)29(17-9-2-1-3-10-17)25-28-20-13-6-7-15-22(20)30(23)25;20-14-9-6-12-17-18(14)22(13-7-2-1-3-8-13)19-21-15-10-4-5-11-16(15)23(17)19;7-5-3-1-2-4-6(5)8;/h1-16,27H;1-12H;1-4H,8H2;1H4. The first-order chi connectivity index (χ1) is 30.0. The first-order valence-electron chi connectivity index (χ1n) is 19.6. The third-order valence-corrected chi connectivity index (χ3v) is 11.8. The number of nitrogens with two attached hydrogens (primary N) is 1. The summed E-state index contributed by atoms with van der Waals surface area (Å²) in [6.07, 6.45) is 0. The number of nitrogen functional groups attached to an aromatic ring is 1. The highest BCUT2D eigenvalue weighted by Gasteiger charge is 2.21. The highest BCUT2D eigenvalue weighted by Crippen LogP contribution is 2.36. The Morgan fingerprint density at radius 1 is 0.435 bits per heavy atom. The second-order valence-corrected chi connectivity index (χ2v) is 15.9. The quantitative estimate of drug-likeness (QED) is 0.172. The maximum Gasteiger partial charge on any atom is 0.220 e. The molecule has 0 bridgehead atoms. The van der Waals surface area contributed by atoms with E-state index in [1.807, 2.05) is 78.9 Å². The molecule has 8 nitrogen and oxygen atoms in total. The van der Waals surface area contributed by atoms with Gasteiger partial charge in [0.25, 0.3) is 0 Å². The second-order valence-electron chi connectivity index (χ2n) is 14.2. The van der Waals surface area contributed by atoms with Crippen LogP contribution in [0.4, 0.5) is 17.1 Å². The molecule has 4 aromatic heterocycles. The molecule has 0 aliphatic carbocycles. The van der Waals surface area contributed by atoms with Crippen molar-refractivity contribution in [3.8, 4) is 11.4 Å². The highest BCUT2D eigenvalue weighted by molar-refractivity contribution is 9.10. The number of fused-ring (bicyclic) bond motifs is 10. The summed E-state index contributed by atoms with van der Waals surface area (Å²) in [5.74, 6) is 1.81. The Kier molecular flexibility index (Phi) is 11.2. The lowest BCUT2D eigenvalue weighted by Gasteiger charge is -2.12. The first-order valence-corrected chi connectivity index (χ1v) is 21.1. The molecule has 0 unspecified atom stereocenters. The van der Waals surface area contributed by atoms with Crippen molar-refractivity contribution in [2.45, 2.75) is 7.43 Å². The van der Waals surface area contributed by atoms with E-state index < -0.39 is 0 Å². The van der Waals surface area contributed by atoms with Crippen LogP contribution in [0.25, 0.3) is 67.1 Å². The molecule has 8 aromatic carbocycles. The molecule has 11 heteroatoms. The van der Waals surface area contributed by atoms with Gasteiger partial charge in [-0.3, -0.25) is 17.9 Å². The number of nitrogens with zero attached hydrogens (tertiary/aromatic N) is 6. The number of hydrogen-bond donors (Lipinski definition) is 2. The van der Waals surface area contributed by atoms with Crippen LogP contribution in [0.2, 0.25) is 10.0 Å². The lowest BCUT2D eigenvalue weighted by atomic mass is 10.2. The van der Waals surface area contributed by atoms with E-state index in [2.05, 4.69) is 142 Å². The summed E-state index contributed by atoms with van der Waals surface area (Å²) in [5, 5.41) is 4.83. The van der Waals surface area contributed by atoms with Gasteiger partial charge < -0.3 is 11.1 Å². The zero-order chi connectivity index (χ0) is 41.5. The molecule has 0 aliphatic rings. The molecule has 12 aromatic rings. The molecule has 4 heterocycles. The molecule has 62 heavy (non-hydrogen) atoms. The lowest BCUT2D eigenvalue weighted by molar-refractivity contribution is 1.11. The van der Waals surface area contributed by atoms with E-state index in [1.165, 1.54) is 0 Å². The summed E-state index contributed by atoms with van der Waals surface area (Å²) < 4.78 is 9.92. The van der Waals surface area contributed by atoms with Gasteiger partial charge in [-0.25, -0.2) is 9.97 Å². The van der Waals surface area contributed by atoms with E-state index in [9.17, 15) is 0 Å². The van der Waals surface area contributed by atoms with Crippen molar-refractivity contribution in [3.05, 3.63) is 209 Å². The topological polar surface area (TPSA) is 82.5 Å². The van der Waals surface area contributed by atoms with Gasteiger partial charge in [-0.15, -0.1) is 0 Å². The number of halogens is 3. The number of para-hydroxylation sites is 10. The van der Waals surface area contributed by atoms with Crippen molar-refractivity contribution in [3.63, 3.8) is 0 Å². The van der Waals surface area contributed by atoms with Gasteiger partial charge in [0, 0.05) is 15.8 Å². The number of benzene rings is 8. The Balaban J connectivity index is 0.000000135. The van der Waals surface area contributed by atoms with Gasteiger partial charge in [0.2, 0.25) is 11.6 Å². The summed E-state index contributed by atoms with van der Waals surface area (Å²) in [7, 11) is 0. The zero-order valence-corrected chi connectivity index (χ0v) is 35.5. The third-order valence-electron chi connectivity index (χ3n) is 10.5. The molecular weight excluding hydrogens is 875 g/mol. The average Bonchev–Trinajstić information content (AvgIpc) is 4.04. The van der Waals surface area contributed by atoms with E-state index in [4.69, 9.17) is 38.9 Å². The van der Waals surface area contributed by atoms with Crippen molar-refractivity contribution in [2.24, 2.45) is 0 Å². The van der Waals surface area contributed by atoms with Gasteiger partial charge in [0.1, 0.15) is 0 Å². The van der Waals surface area contributed by atoms with Crippen molar-refractivity contribution in [2.75, 3.05) is 11.1 Å². The van der Waals surface area contributed by atoms with Crippen LogP contribution in [0.1, 0.15) is 7.43 Å². The summed E-state index contributed by atoms with van der Waals surface area (Å²) in [6, 6.07) is 64.7. The van der Waals surface area contributed by atoms with Crippen molar-refractivity contribution in [1.29, 1.82) is 0 Å². The SMILES string of the molecule is Brc1cccc2c1n(-c1ccccc1)c1nc3ccccc3n21.C.Clc1ccccc1Nc1cccc2c1n(-c1ccccc1)c1nc3ccccc3n21.Nc1ccccc1Cl. The van der Waals surface area contributed by atoms with E-state index in [0.29, 0.717) is 15.7 Å². The minimum absolute atomic E-state index is 0. The maximum atomic E-state index is 6.43. The molecule has 0 aliphatic heterocycles. The molecule has 3 N–H and O–H groups in total. The Morgan fingerprint density at radius 2 is 0.871 bits per heavy atom. The molecule has 12 rings (SSSR count). The smallest absolute Gasteiger partial charge is 0.220 e. The number of hydrogen-bond acceptors (Lipinski definition) is 4. The van der Waals surface area contributed by atoms with Gasteiger partial charge in [-0.05, 0) is 113 Å². The van der Waals surface area contributed by atoms with E-state index >= 15 is 0 Å². The lowest BCUT2D eigenvalue weighted by Crippen LogP contribution is -1.98. The first kappa shape index (κ1) is 40.4. The van der Waals surface area contributed by atoms with E-state index in [-0.39, 0.29) is 7.43 Å². The van der Waals surface area contributed by atoms with E-state index in [0.717, 1.165) is 82.9 Å². The number of rotatable bonds is 4. The van der Waals surface area contributed by atoms with Gasteiger partial charge >= 0.3 is 0 Å². The molecule has 0 spiro atoms. The monoisotopic (exact) mass is 912 g/mol. The maximum absolute atomic E-state index is 6.43. The summed E-state index contributed by atoms with van der Waals surface area (Å²) in [5.41, 5.74) is 18.6. The molecule has 0 atom stereocenters.